The van der Waals surface area contributed by atoms with Crippen LogP contribution in [0.4, 0.5) is 4.39 Å². The number of rotatable bonds is 2. The van der Waals surface area contributed by atoms with Crippen molar-refractivity contribution in [3.05, 3.63) is 50.8 Å². The first-order valence-corrected chi connectivity index (χ1v) is 6.46. The topological polar surface area (TPSA) is 39.2 Å². The molecule has 0 fully saturated rings. The van der Waals surface area contributed by atoms with E-state index in [2.05, 4.69) is 9.72 Å². The zero-order valence-corrected chi connectivity index (χ0v) is 12.4. The normalized spacial score (nSPS) is 10.4. The van der Waals surface area contributed by atoms with Crippen LogP contribution >= 0.6 is 34.8 Å². The largest absolute Gasteiger partial charge is 0.465 e. The number of esters is 1. The van der Waals surface area contributed by atoms with Gasteiger partial charge < -0.3 is 4.74 Å². The van der Waals surface area contributed by atoms with Crippen molar-refractivity contribution in [1.29, 1.82) is 0 Å². The monoisotopic (exact) mass is 333 g/mol. The molecule has 0 radical (unpaired) electrons. The van der Waals surface area contributed by atoms with Crippen molar-refractivity contribution in [2.45, 2.75) is 0 Å². The van der Waals surface area contributed by atoms with E-state index in [4.69, 9.17) is 34.8 Å². The number of hydrogen-bond acceptors (Lipinski definition) is 3. The summed E-state index contributed by atoms with van der Waals surface area (Å²) in [5.74, 6) is -1.39. The van der Waals surface area contributed by atoms with E-state index in [1.165, 1.54) is 25.4 Å². The van der Waals surface area contributed by atoms with Gasteiger partial charge in [0.05, 0.1) is 27.7 Å². The second-order valence-corrected chi connectivity index (χ2v) is 4.93. The number of pyridine rings is 1. The fourth-order valence-corrected chi connectivity index (χ4v) is 2.20. The first kappa shape index (κ1) is 15.0. The summed E-state index contributed by atoms with van der Waals surface area (Å²) in [6, 6.07) is 4.01. The lowest BCUT2D eigenvalue weighted by molar-refractivity contribution is 0.0599. The number of halogens is 4. The smallest absolute Gasteiger partial charge is 0.339 e. The van der Waals surface area contributed by atoms with Gasteiger partial charge in [-0.3, -0.25) is 4.98 Å². The lowest BCUT2D eigenvalue weighted by Crippen LogP contribution is -2.03. The molecule has 0 saturated heterocycles. The van der Waals surface area contributed by atoms with Gasteiger partial charge >= 0.3 is 5.97 Å². The second-order valence-electron chi connectivity index (χ2n) is 3.77. The highest BCUT2D eigenvalue weighted by molar-refractivity contribution is 6.49. The van der Waals surface area contributed by atoms with Gasteiger partial charge in [0, 0.05) is 11.8 Å². The van der Waals surface area contributed by atoms with Crippen molar-refractivity contribution in [3.8, 4) is 11.3 Å². The van der Waals surface area contributed by atoms with Gasteiger partial charge in [-0.05, 0) is 18.2 Å². The summed E-state index contributed by atoms with van der Waals surface area (Å²) in [6.45, 7) is 0. The third-order valence-electron chi connectivity index (χ3n) is 2.55. The average molecular weight is 335 g/mol. The van der Waals surface area contributed by atoms with Gasteiger partial charge in [0.15, 0.2) is 0 Å². The highest BCUT2D eigenvalue weighted by atomic mass is 35.5. The number of nitrogens with zero attached hydrogens (tertiary/aromatic N) is 1. The quantitative estimate of drug-likeness (QED) is 0.593. The Morgan fingerprint density at radius 1 is 1.25 bits per heavy atom. The Morgan fingerprint density at radius 2 is 1.95 bits per heavy atom. The van der Waals surface area contributed by atoms with Gasteiger partial charge in [-0.25, -0.2) is 9.18 Å². The predicted molar refractivity (Wildman–Crippen MR) is 76.0 cm³/mol. The molecule has 0 unspecified atom stereocenters. The van der Waals surface area contributed by atoms with Crippen LogP contribution in [0, 0.1) is 5.82 Å². The van der Waals surface area contributed by atoms with E-state index in [1.807, 2.05) is 0 Å². The van der Waals surface area contributed by atoms with Gasteiger partial charge in [0.2, 0.25) is 0 Å². The van der Waals surface area contributed by atoms with Crippen molar-refractivity contribution in [2.24, 2.45) is 0 Å². The number of hydrogen-bond donors (Lipinski definition) is 0. The Hall–Kier alpha value is -1.36. The van der Waals surface area contributed by atoms with Crippen molar-refractivity contribution in [1.82, 2.24) is 4.98 Å². The molecule has 1 aromatic heterocycles. The molecule has 0 amide bonds. The van der Waals surface area contributed by atoms with Gasteiger partial charge in [-0.1, -0.05) is 34.8 Å². The van der Waals surface area contributed by atoms with Crippen LogP contribution in [0.25, 0.3) is 11.3 Å². The molecule has 3 nitrogen and oxygen atoms in total. The Labute approximate surface area is 129 Å². The van der Waals surface area contributed by atoms with Crippen LogP contribution in [0.2, 0.25) is 15.1 Å². The third-order valence-corrected chi connectivity index (χ3v) is 3.85. The minimum absolute atomic E-state index is 0.00457. The predicted octanol–water partition coefficient (Wildman–Crippen LogP) is 4.63. The summed E-state index contributed by atoms with van der Waals surface area (Å²) in [5, 5.41) is 0.465. The molecule has 0 N–H and O–H groups in total. The molecule has 0 bridgehead atoms. The molecule has 20 heavy (non-hydrogen) atoms. The molecular weight excluding hydrogens is 328 g/mol. The van der Waals surface area contributed by atoms with E-state index in [1.54, 1.807) is 0 Å². The number of benzene rings is 1. The van der Waals surface area contributed by atoms with Crippen LogP contribution in [0.15, 0.2) is 24.4 Å². The summed E-state index contributed by atoms with van der Waals surface area (Å²) < 4.78 is 18.5. The van der Waals surface area contributed by atoms with Crippen LogP contribution in [-0.4, -0.2) is 18.1 Å². The molecular formula is C13H7Cl3FNO2. The minimum Gasteiger partial charge on any atom is -0.465 e. The molecule has 0 spiro atoms. The Morgan fingerprint density at radius 3 is 2.55 bits per heavy atom. The molecule has 0 saturated carbocycles. The van der Waals surface area contributed by atoms with Crippen LogP contribution < -0.4 is 0 Å². The van der Waals surface area contributed by atoms with E-state index in [0.29, 0.717) is 0 Å². The first-order valence-electron chi connectivity index (χ1n) is 5.33. The molecule has 0 aliphatic heterocycles. The summed E-state index contributed by atoms with van der Waals surface area (Å²) in [7, 11) is 1.20. The molecule has 1 heterocycles. The van der Waals surface area contributed by atoms with Crippen molar-refractivity contribution in [3.63, 3.8) is 0 Å². The fraction of sp³-hybridized carbons (Fsp3) is 0.0769. The minimum atomic E-state index is -0.715. The molecule has 2 aromatic rings. The summed E-state index contributed by atoms with van der Waals surface area (Å²) >= 11 is 17.7. The lowest BCUT2D eigenvalue weighted by atomic mass is 10.1. The maximum atomic E-state index is 14.0. The fourth-order valence-electron chi connectivity index (χ4n) is 1.57. The Balaban J connectivity index is 2.55. The van der Waals surface area contributed by atoms with E-state index in [-0.39, 0.29) is 31.9 Å². The maximum Gasteiger partial charge on any atom is 0.339 e. The number of methoxy groups -OCH3 is 1. The van der Waals surface area contributed by atoms with Crippen LogP contribution in [0.3, 0.4) is 0 Å². The summed E-state index contributed by atoms with van der Waals surface area (Å²) in [4.78, 5) is 15.2. The van der Waals surface area contributed by atoms with Crippen molar-refractivity contribution < 1.29 is 13.9 Å². The van der Waals surface area contributed by atoms with Crippen LogP contribution in [-0.2, 0) is 4.74 Å². The Kier molecular flexibility index (Phi) is 4.48. The van der Waals surface area contributed by atoms with E-state index in [0.717, 1.165) is 6.07 Å². The van der Waals surface area contributed by atoms with Crippen LogP contribution in [0.1, 0.15) is 10.4 Å². The standard InChI is InChI=1S/C13H7Cl3FNO2/c1-20-13(19)6-4-9(17)12(18-5-6)7-2-3-8(14)11(16)10(7)15/h2-5H,1H3. The van der Waals surface area contributed by atoms with Crippen LogP contribution in [0.5, 0.6) is 0 Å². The van der Waals surface area contributed by atoms with Gasteiger partial charge in [0.25, 0.3) is 0 Å². The second kappa shape index (κ2) is 5.95. The molecule has 7 heteroatoms. The zero-order valence-electron chi connectivity index (χ0n) is 10.1. The van der Waals surface area contributed by atoms with Crippen molar-refractivity contribution in [2.75, 3.05) is 7.11 Å². The average Bonchev–Trinajstić information content (AvgIpc) is 2.45. The highest BCUT2D eigenvalue weighted by Crippen LogP contribution is 2.38. The molecule has 0 atom stereocenters. The molecule has 0 aliphatic carbocycles. The Bertz CT molecular complexity index is 692. The van der Waals surface area contributed by atoms with Crippen molar-refractivity contribution >= 4 is 40.8 Å². The molecule has 2 rings (SSSR count). The third kappa shape index (κ3) is 2.73. The number of ether oxygens (including phenoxy) is 1. The molecule has 104 valence electrons. The number of aromatic nitrogens is 1. The molecule has 1 aromatic carbocycles. The van der Waals surface area contributed by atoms with Gasteiger partial charge in [-0.2, -0.15) is 0 Å². The lowest BCUT2D eigenvalue weighted by Gasteiger charge is -2.08. The SMILES string of the molecule is COC(=O)c1cnc(-c2ccc(Cl)c(Cl)c2Cl)c(F)c1. The summed E-state index contributed by atoms with van der Waals surface area (Å²) in [6.07, 6.45) is 1.20. The maximum absolute atomic E-state index is 14.0. The van der Waals surface area contributed by atoms with E-state index < -0.39 is 11.8 Å². The summed E-state index contributed by atoms with van der Waals surface area (Å²) in [5.41, 5.74) is 0.265. The van der Waals surface area contributed by atoms with E-state index >= 15 is 0 Å². The number of carbonyl (C=O) groups is 1. The molecule has 0 aliphatic rings. The first-order chi connectivity index (χ1) is 9.45. The van der Waals surface area contributed by atoms with Gasteiger partial charge in [-0.15, -0.1) is 0 Å². The highest BCUT2D eigenvalue weighted by Gasteiger charge is 2.17. The number of carbonyl (C=O) groups excluding carboxylic acids is 1. The van der Waals surface area contributed by atoms with Gasteiger partial charge in [0.1, 0.15) is 11.5 Å². The zero-order chi connectivity index (χ0) is 14.9. The van der Waals surface area contributed by atoms with E-state index in [9.17, 15) is 9.18 Å².